The van der Waals surface area contributed by atoms with E-state index in [-0.39, 0.29) is 5.91 Å². The van der Waals surface area contributed by atoms with Crippen molar-refractivity contribution in [2.45, 2.75) is 58.8 Å². The fraction of sp³-hybridized carbons (Fsp3) is 0.562. The molecule has 2 rings (SSSR count). The number of carbonyl (C=O) groups is 1. The van der Waals surface area contributed by atoms with E-state index in [1.54, 1.807) is 30.4 Å². The highest BCUT2D eigenvalue weighted by Crippen LogP contribution is 2.29. The quantitative estimate of drug-likeness (QED) is 0.778. The second-order valence-corrected chi connectivity index (χ2v) is 5.41. The predicted molar refractivity (Wildman–Crippen MR) is 85.6 cm³/mol. The molecule has 2 heterocycles. The summed E-state index contributed by atoms with van der Waals surface area (Å²) in [7, 11) is 0. The van der Waals surface area contributed by atoms with Crippen molar-refractivity contribution in [3.63, 3.8) is 0 Å². The Bertz CT molecular complexity index is 513. The van der Waals surface area contributed by atoms with Gasteiger partial charge >= 0.3 is 0 Å². The van der Waals surface area contributed by atoms with Gasteiger partial charge in [-0.3, -0.25) is 15.2 Å². The van der Waals surface area contributed by atoms with E-state index in [2.05, 4.69) is 22.3 Å². The minimum atomic E-state index is -0.0437. The van der Waals surface area contributed by atoms with Gasteiger partial charge in [0.15, 0.2) is 0 Å². The fourth-order valence-electron chi connectivity index (χ4n) is 2.45. The van der Waals surface area contributed by atoms with Crippen LogP contribution in [0.25, 0.3) is 0 Å². The van der Waals surface area contributed by atoms with Crippen molar-refractivity contribution in [2.24, 2.45) is 4.99 Å². The number of aromatic nitrogens is 1. The van der Waals surface area contributed by atoms with Crippen LogP contribution in [0.5, 0.6) is 0 Å². The topological polar surface area (TPSA) is 57.6 Å². The number of nitrogens with zero attached hydrogens (tertiary/aromatic N) is 3. The lowest BCUT2D eigenvalue weighted by Crippen LogP contribution is -2.47. The first-order valence-electron chi connectivity index (χ1n) is 7.81. The number of hydrogen-bond donors (Lipinski definition) is 1. The average Bonchev–Trinajstić information content (AvgIpc) is 2.49. The summed E-state index contributed by atoms with van der Waals surface area (Å²) in [5.74, 6) is 0.805. The molecule has 0 atom stereocenters. The number of amides is 1. The van der Waals surface area contributed by atoms with Gasteiger partial charge in [-0.05, 0) is 12.5 Å². The standard InChI is InChI=1S/C16H24N4O/c1-3-4-5-6-7-8-9-16-18-14-12-17-11-10-15(14)20(19-16)13(2)21/h10-12H,3-9H2,1-2H3,(H,18,19). The highest BCUT2D eigenvalue weighted by atomic mass is 16.2. The molecule has 114 valence electrons. The molecule has 0 bridgehead atoms. The number of rotatable bonds is 7. The molecule has 0 radical (unpaired) electrons. The molecule has 1 aliphatic heterocycles. The lowest BCUT2D eigenvalue weighted by atomic mass is 10.1. The molecule has 1 N–H and O–H groups in total. The first-order chi connectivity index (χ1) is 10.2. The van der Waals surface area contributed by atoms with Crippen LogP contribution in [-0.2, 0) is 4.79 Å². The van der Waals surface area contributed by atoms with Gasteiger partial charge in [0.05, 0.1) is 11.9 Å². The van der Waals surface area contributed by atoms with Gasteiger partial charge in [0.1, 0.15) is 11.5 Å². The minimum absolute atomic E-state index is 0.0437. The van der Waals surface area contributed by atoms with Crippen LogP contribution in [0.1, 0.15) is 58.8 Å². The molecule has 0 fully saturated rings. The van der Waals surface area contributed by atoms with Crippen molar-refractivity contribution in [3.8, 4) is 0 Å². The van der Waals surface area contributed by atoms with E-state index >= 15 is 0 Å². The van der Waals surface area contributed by atoms with Crippen molar-refractivity contribution in [1.29, 1.82) is 0 Å². The third-order valence-corrected chi connectivity index (χ3v) is 3.60. The summed E-state index contributed by atoms with van der Waals surface area (Å²) in [6.45, 7) is 3.77. The Morgan fingerprint density at radius 3 is 2.76 bits per heavy atom. The smallest absolute Gasteiger partial charge is 0.242 e. The summed E-state index contributed by atoms with van der Waals surface area (Å²) in [4.78, 5) is 20.4. The number of amidine groups is 1. The van der Waals surface area contributed by atoms with Crippen LogP contribution in [0.15, 0.2) is 23.5 Å². The maximum atomic E-state index is 11.7. The largest absolute Gasteiger partial charge is 0.278 e. The van der Waals surface area contributed by atoms with Crippen LogP contribution in [0.3, 0.4) is 0 Å². The van der Waals surface area contributed by atoms with E-state index in [0.717, 1.165) is 30.1 Å². The Morgan fingerprint density at radius 1 is 1.24 bits per heavy atom. The number of pyridine rings is 1. The normalized spacial score (nSPS) is 13.4. The molecule has 1 aromatic heterocycles. The lowest BCUT2D eigenvalue weighted by Gasteiger charge is -2.28. The van der Waals surface area contributed by atoms with Crippen LogP contribution in [-0.4, -0.2) is 16.7 Å². The predicted octanol–water partition coefficient (Wildman–Crippen LogP) is 3.73. The van der Waals surface area contributed by atoms with Crippen LogP contribution in [0.2, 0.25) is 0 Å². The van der Waals surface area contributed by atoms with Crippen molar-refractivity contribution in [2.75, 3.05) is 5.01 Å². The zero-order valence-electron chi connectivity index (χ0n) is 12.9. The molecule has 1 amide bonds. The second-order valence-electron chi connectivity index (χ2n) is 5.41. The molecule has 0 saturated heterocycles. The van der Waals surface area contributed by atoms with Gasteiger partial charge in [0.25, 0.3) is 0 Å². The van der Waals surface area contributed by atoms with Crippen LogP contribution in [0, 0.1) is 0 Å². The number of anilines is 1. The summed E-state index contributed by atoms with van der Waals surface area (Å²) in [6, 6.07) is 1.80. The first-order valence-corrected chi connectivity index (χ1v) is 7.81. The van der Waals surface area contributed by atoms with E-state index in [0.29, 0.717) is 0 Å². The summed E-state index contributed by atoms with van der Waals surface area (Å²) in [5.41, 5.74) is 4.64. The van der Waals surface area contributed by atoms with Gasteiger partial charge in [0.2, 0.25) is 5.91 Å². The second kappa shape index (κ2) is 7.76. The highest BCUT2D eigenvalue weighted by Gasteiger charge is 2.21. The summed E-state index contributed by atoms with van der Waals surface area (Å²) in [5, 5.41) is 1.55. The van der Waals surface area contributed by atoms with Crippen molar-refractivity contribution in [3.05, 3.63) is 18.5 Å². The summed E-state index contributed by atoms with van der Waals surface area (Å²) < 4.78 is 0. The first kappa shape index (κ1) is 15.5. The monoisotopic (exact) mass is 288 g/mol. The van der Waals surface area contributed by atoms with Gasteiger partial charge in [-0.25, -0.2) is 10.0 Å². The number of aliphatic imine (C=N–C) groups is 1. The summed E-state index contributed by atoms with van der Waals surface area (Å²) in [6.07, 6.45) is 11.7. The number of nitrogens with one attached hydrogen (secondary N) is 1. The number of unbranched alkanes of at least 4 members (excludes halogenated alkanes) is 5. The number of hydrazine groups is 1. The Kier molecular flexibility index (Phi) is 5.72. The Morgan fingerprint density at radius 2 is 2.00 bits per heavy atom. The van der Waals surface area contributed by atoms with Crippen LogP contribution < -0.4 is 10.4 Å². The molecule has 0 unspecified atom stereocenters. The third kappa shape index (κ3) is 4.28. The number of fused-ring (bicyclic) bond motifs is 1. The van der Waals surface area contributed by atoms with Crippen LogP contribution in [0.4, 0.5) is 11.4 Å². The minimum Gasteiger partial charge on any atom is -0.278 e. The van der Waals surface area contributed by atoms with Crippen molar-refractivity contribution in [1.82, 2.24) is 10.4 Å². The maximum absolute atomic E-state index is 11.7. The maximum Gasteiger partial charge on any atom is 0.242 e. The molecule has 0 saturated carbocycles. The zero-order chi connectivity index (χ0) is 15.1. The Hall–Kier alpha value is -1.91. The molecule has 21 heavy (non-hydrogen) atoms. The van der Waals surface area contributed by atoms with Gasteiger partial charge < -0.3 is 0 Å². The van der Waals surface area contributed by atoms with E-state index in [1.165, 1.54) is 32.1 Å². The van der Waals surface area contributed by atoms with Crippen LogP contribution >= 0.6 is 0 Å². The number of carbonyl (C=O) groups excluding carboxylic acids is 1. The lowest BCUT2D eigenvalue weighted by molar-refractivity contribution is -0.117. The zero-order valence-corrected chi connectivity index (χ0v) is 12.9. The van der Waals surface area contributed by atoms with E-state index in [4.69, 9.17) is 0 Å². The van der Waals surface area contributed by atoms with E-state index in [1.807, 2.05) is 0 Å². The molecular weight excluding hydrogens is 264 g/mol. The van der Waals surface area contributed by atoms with E-state index in [9.17, 15) is 4.79 Å². The molecule has 1 aliphatic rings. The molecule has 0 aliphatic carbocycles. The fourth-order valence-corrected chi connectivity index (χ4v) is 2.45. The molecule has 0 aromatic carbocycles. The molecule has 5 nitrogen and oxygen atoms in total. The van der Waals surface area contributed by atoms with Gasteiger partial charge in [-0.1, -0.05) is 39.0 Å². The average molecular weight is 288 g/mol. The van der Waals surface area contributed by atoms with Gasteiger partial charge in [-0.2, -0.15) is 0 Å². The Labute approximate surface area is 126 Å². The van der Waals surface area contributed by atoms with Crippen molar-refractivity contribution >= 4 is 23.1 Å². The number of hydrogen-bond acceptors (Lipinski definition) is 4. The SMILES string of the molecule is CCCCCCCCC1=Nc2cnccc2N(C(C)=O)N1. The summed E-state index contributed by atoms with van der Waals surface area (Å²) >= 11 is 0. The molecule has 1 aromatic rings. The molecule has 5 heteroatoms. The Balaban J connectivity index is 1.92. The van der Waals surface area contributed by atoms with E-state index < -0.39 is 0 Å². The highest BCUT2D eigenvalue weighted by molar-refractivity contribution is 6.02. The molecule has 0 spiro atoms. The third-order valence-electron chi connectivity index (χ3n) is 3.60. The molecular formula is C16H24N4O. The van der Waals surface area contributed by atoms with Gasteiger partial charge in [0, 0.05) is 19.5 Å². The van der Waals surface area contributed by atoms with Gasteiger partial charge in [-0.15, -0.1) is 0 Å². The van der Waals surface area contributed by atoms with Crippen molar-refractivity contribution < 1.29 is 4.79 Å².